The fourth-order valence-electron chi connectivity index (χ4n) is 3.68. The van der Waals surface area contributed by atoms with Crippen molar-refractivity contribution < 1.29 is 9.21 Å². The number of hydrogen-bond donors (Lipinski definition) is 1. The Morgan fingerprint density at radius 2 is 2.07 bits per heavy atom. The molecule has 3 aromatic rings. The number of rotatable bonds is 4. The van der Waals surface area contributed by atoms with E-state index in [4.69, 9.17) is 4.42 Å². The Balaban J connectivity index is 1.40. The summed E-state index contributed by atoms with van der Waals surface area (Å²) in [6, 6.07) is 7.53. The highest BCUT2D eigenvalue weighted by atomic mass is 32.1. The Labute approximate surface area is 167 Å². The molecule has 1 saturated heterocycles. The molecule has 28 heavy (non-hydrogen) atoms. The summed E-state index contributed by atoms with van der Waals surface area (Å²) in [4.78, 5) is 31.0. The summed E-state index contributed by atoms with van der Waals surface area (Å²) in [5.74, 6) is 0.0518. The molecule has 0 radical (unpaired) electrons. The number of anilines is 1. The van der Waals surface area contributed by atoms with Crippen LogP contribution in [-0.4, -0.2) is 28.9 Å². The second-order valence-corrected chi connectivity index (χ2v) is 8.28. The normalized spacial score (nSPS) is 15.8. The third-order valence-corrected chi connectivity index (χ3v) is 6.06. The number of carbonyl (C=O) groups is 1. The number of likely N-dealkylation sites (tertiary alicyclic amines) is 1. The zero-order valence-corrected chi connectivity index (χ0v) is 16.8. The van der Waals surface area contributed by atoms with Crippen LogP contribution < -0.4 is 10.9 Å². The van der Waals surface area contributed by atoms with E-state index in [1.807, 2.05) is 37.4 Å². The highest BCUT2D eigenvalue weighted by Gasteiger charge is 2.26. The highest BCUT2D eigenvalue weighted by Crippen LogP contribution is 2.24. The molecule has 1 aliphatic heterocycles. The fourth-order valence-corrected chi connectivity index (χ4v) is 4.37. The lowest BCUT2D eigenvalue weighted by atomic mass is 9.95. The van der Waals surface area contributed by atoms with E-state index < -0.39 is 0 Å². The van der Waals surface area contributed by atoms with Crippen LogP contribution in [0.15, 0.2) is 38.9 Å². The lowest BCUT2D eigenvalue weighted by Crippen LogP contribution is -2.37. The minimum atomic E-state index is -0.318. The van der Waals surface area contributed by atoms with Crippen LogP contribution in [0.3, 0.4) is 0 Å². The van der Waals surface area contributed by atoms with Gasteiger partial charge in [-0.1, -0.05) is 12.1 Å². The molecule has 146 valence electrons. The van der Waals surface area contributed by atoms with Gasteiger partial charge in [0.1, 0.15) is 5.58 Å². The SMILES string of the molecule is Cc1ccc2c(CN3CCC(C(=O)Nc4nc(C)cs4)CC3)cc(=O)oc2c1. The first-order valence-electron chi connectivity index (χ1n) is 9.47. The van der Waals surface area contributed by atoms with E-state index in [-0.39, 0.29) is 17.5 Å². The van der Waals surface area contributed by atoms with Crippen molar-refractivity contribution in [2.24, 2.45) is 5.92 Å². The number of amides is 1. The Bertz CT molecular complexity index is 1060. The molecule has 0 spiro atoms. The number of benzene rings is 1. The van der Waals surface area contributed by atoms with Gasteiger partial charge in [-0.3, -0.25) is 9.69 Å². The number of thiazole rings is 1. The van der Waals surface area contributed by atoms with Gasteiger partial charge in [-0.15, -0.1) is 11.3 Å². The molecular weight excluding hydrogens is 374 g/mol. The molecule has 1 amide bonds. The van der Waals surface area contributed by atoms with Gasteiger partial charge < -0.3 is 9.73 Å². The lowest BCUT2D eigenvalue weighted by Gasteiger charge is -2.31. The molecule has 2 aromatic heterocycles. The molecule has 0 atom stereocenters. The number of nitrogens with one attached hydrogen (secondary N) is 1. The number of aromatic nitrogens is 1. The average Bonchev–Trinajstić information content (AvgIpc) is 3.06. The van der Waals surface area contributed by atoms with Gasteiger partial charge in [0.2, 0.25) is 5.91 Å². The second-order valence-electron chi connectivity index (χ2n) is 7.42. The van der Waals surface area contributed by atoms with Crippen molar-refractivity contribution in [2.75, 3.05) is 18.4 Å². The van der Waals surface area contributed by atoms with E-state index in [2.05, 4.69) is 15.2 Å². The minimum Gasteiger partial charge on any atom is -0.423 e. The van der Waals surface area contributed by atoms with Gasteiger partial charge >= 0.3 is 5.63 Å². The van der Waals surface area contributed by atoms with Crippen LogP contribution in [0.25, 0.3) is 11.0 Å². The molecule has 0 saturated carbocycles. The Morgan fingerprint density at radius 1 is 1.29 bits per heavy atom. The van der Waals surface area contributed by atoms with Crippen LogP contribution in [0, 0.1) is 19.8 Å². The van der Waals surface area contributed by atoms with Crippen molar-refractivity contribution >= 4 is 33.3 Å². The first kappa shape index (κ1) is 18.8. The van der Waals surface area contributed by atoms with Crippen LogP contribution in [0.2, 0.25) is 0 Å². The summed E-state index contributed by atoms with van der Waals surface area (Å²) in [6.07, 6.45) is 1.60. The standard InChI is InChI=1S/C21H23N3O3S/c1-13-3-4-17-16(10-19(25)27-18(17)9-13)11-24-7-5-15(6-8-24)20(26)23-21-22-14(2)12-28-21/h3-4,9-10,12,15H,5-8,11H2,1-2H3,(H,22,23,26). The number of nitrogens with zero attached hydrogens (tertiary/aromatic N) is 2. The number of fused-ring (bicyclic) bond motifs is 1. The van der Waals surface area contributed by atoms with Crippen LogP contribution in [0.5, 0.6) is 0 Å². The van der Waals surface area contributed by atoms with Crippen LogP contribution >= 0.6 is 11.3 Å². The van der Waals surface area contributed by atoms with Crippen LogP contribution in [0.4, 0.5) is 5.13 Å². The first-order valence-corrected chi connectivity index (χ1v) is 10.3. The summed E-state index contributed by atoms with van der Waals surface area (Å²) >= 11 is 1.46. The van der Waals surface area contributed by atoms with E-state index in [9.17, 15) is 9.59 Å². The molecule has 1 fully saturated rings. The smallest absolute Gasteiger partial charge is 0.336 e. The van der Waals surface area contributed by atoms with Crippen molar-refractivity contribution in [3.05, 3.63) is 56.9 Å². The van der Waals surface area contributed by atoms with Gasteiger partial charge in [-0.05, 0) is 57.0 Å². The number of hydrogen-bond acceptors (Lipinski definition) is 6. The summed E-state index contributed by atoms with van der Waals surface area (Å²) in [6.45, 7) is 6.23. The summed E-state index contributed by atoms with van der Waals surface area (Å²) < 4.78 is 5.35. The molecular formula is C21H23N3O3S. The molecule has 4 rings (SSSR count). The Hall–Kier alpha value is -2.51. The maximum Gasteiger partial charge on any atom is 0.336 e. The molecule has 1 aliphatic rings. The van der Waals surface area contributed by atoms with Gasteiger partial charge in [0.25, 0.3) is 0 Å². The monoisotopic (exact) mass is 397 g/mol. The summed E-state index contributed by atoms with van der Waals surface area (Å²) in [5.41, 5.74) is 3.28. The predicted molar refractivity (Wildman–Crippen MR) is 111 cm³/mol. The maximum absolute atomic E-state index is 12.5. The topological polar surface area (TPSA) is 75.4 Å². The average molecular weight is 398 g/mol. The maximum atomic E-state index is 12.5. The molecule has 0 bridgehead atoms. The van der Waals surface area contributed by atoms with Gasteiger partial charge in [0.15, 0.2) is 5.13 Å². The van der Waals surface area contributed by atoms with Crippen molar-refractivity contribution in [1.82, 2.24) is 9.88 Å². The van der Waals surface area contributed by atoms with E-state index in [1.165, 1.54) is 11.3 Å². The largest absolute Gasteiger partial charge is 0.423 e. The number of carbonyl (C=O) groups excluding carboxylic acids is 1. The Morgan fingerprint density at radius 3 is 2.79 bits per heavy atom. The first-order chi connectivity index (χ1) is 13.5. The van der Waals surface area contributed by atoms with Gasteiger partial charge in [0.05, 0.1) is 5.69 Å². The lowest BCUT2D eigenvalue weighted by molar-refractivity contribution is -0.121. The van der Waals surface area contributed by atoms with Crippen LogP contribution in [0.1, 0.15) is 29.7 Å². The van der Waals surface area contributed by atoms with Crippen molar-refractivity contribution in [2.45, 2.75) is 33.2 Å². The zero-order chi connectivity index (χ0) is 19.7. The third-order valence-electron chi connectivity index (χ3n) is 5.19. The molecule has 3 heterocycles. The molecule has 1 N–H and O–H groups in total. The van der Waals surface area contributed by atoms with Gasteiger partial charge in [-0.2, -0.15) is 0 Å². The van der Waals surface area contributed by atoms with Crippen LogP contribution in [-0.2, 0) is 11.3 Å². The summed E-state index contributed by atoms with van der Waals surface area (Å²) in [5, 5.41) is 6.51. The molecule has 6 nitrogen and oxygen atoms in total. The van der Waals surface area contributed by atoms with E-state index in [0.717, 1.165) is 48.1 Å². The second kappa shape index (κ2) is 7.85. The van der Waals surface area contributed by atoms with Gasteiger partial charge in [0, 0.05) is 29.3 Å². The fraction of sp³-hybridized carbons (Fsp3) is 0.381. The number of piperidine rings is 1. The molecule has 7 heteroatoms. The highest BCUT2D eigenvalue weighted by molar-refractivity contribution is 7.13. The quantitative estimate of drug-likeness (QED) is 0.679. The van der Waals surface area contributed by atoms with Crippen molar-refractivity contribution in [1.29, 1.82) is 0 Å². The predicted octanol–water partition coefficient (Wildman–Crippen LogP) is 3.72. The minimum absolute atomic E-state index is 0.000641. The van der Waals surface area contributed by atoms with Gasteiger partial charge in [-0.25, -0.2) is 9.78 Å². The van der Waals surface area contributed by atoms with E-state index >= 15 is 0 Å². The zero-order valence-electron chi connectivity index (χ0n) is 16.0. The summed E-state index contributed by atoms with van der Waals surface area (Å²) in [7, 11) is 0. The molecule has 1 aromatic carbocycles. The van der Waals surface area contributed by atoms with Crippen molar-refractivity contribution in [3.8, 4) is 0 Å². The number of aryl methyl sites for hydroxylation is 2. The molecule has 0 aliphatic carbocycles. The van der Waals surface area contributed by atoms with E-state index in [1.54, 1.807) is 6.07 Å². The van der Waals surface area contributed by atoms with E-state index in [0.29, 0.717) is 17.3 Å². The van der Waals surface area contributed by atoms with Crippen molar-refractivity contribution in [3.63, 3.8) is 0 Å². The Kier molecular flexibility index (Phi) is 5.28. The third kappa shape index (κ3) is 4.15. The molecule has 0 unspecified atom stereocenters.